The third-order valence-corrected chi connectivity index (χ3v) is 4.30. The summed E-state index contributed by atoms with van der Waals surface area (Å²) in [5, 5.41) is 9.40. The molecule has 0 unspecified atom stereocenters. The monoisotopic (exact) mass is 234 g/mol. The van der Waals surface area contributed by atoms with Crippen molar-refractivity contribution in [1.29, 1.82) is 5.26 Å². The number of nitriles is 1. The number of hydrogen-bond acceptors (Lipinski definition) is 2. The Morgan fingerprint density at radius 2 is 1.82 bits per heavy atom. The molecule has 0 bridgehead atoms. The second-order valence-electron chi connectivity index (χ2n) is 6.40. The van der Waals surface area contributed by atoms with Gasteiger partial charge in [0.15, 0.2) is 0 Å². The smallest absolute Gasteiger partial charge is 0.243 e. The van der Waals surface area contributed by atoms with Gasteiger partial charge < -0.3 is 4.90 Å². The van der Waals surface area contributed by atoms with Gasteiger partial charge in [0.05, 0.1) is 6.07 Å². The second-order valence-corrected chi connectivity index (χ2v) is 6.40. The van der Waals surface area contributed by atoms with E-state index in [4.69, 9.17) is 0 Å². The van der Waals surface area contributed by atoms with Gasteiger partial charge in [-0.2, -0.15) is 5.26 Å². The van der Waals surface area contributed by atoms with Crippen molar-refractivity contribution in [3.8, 4) is 6.07 Å². The van der Waals surface area contributed by atoms with Crippen molar-refractivity contribution in [1.82, 2.24) is 4.90 Å². The number of carbonyl (C=O) groups is 1. The zero-order valence-electron chi connectivity index (χ0n) is 11.0. The maximum atomic E-state index is 12.5. The summed E-state index contributed by atoms with van der Waals surface area (Å²) in [5.74, 6) is 0.102. The first kappa shape index (κ1) is 12.4. The molecular weight excluding hydrogens is 212 g/mol. The Kier molecular flexibility index (Phi) is 3.16. The first-order valence-electron chi connectivity index (χ1n) is 6.70. The van der Waals surface area contributed by atoms with E-state index in [9.17, 15) is 10.1 Å². The molecule has 0 aromatic carbocycles. The van der Waals surface area contributed by atoms with Crippen LogP contribution in [-0.4, -0.2) is 23.9 Å². The van der Waals surface area contributed by atoms with Gasteiger partial charge in [-0.15, -0.1) is 0 Å². The van der Waals surface area contributed by atoms with Crippen LogP contribution in [0.1, 0.15) is 52.4 Å². The third-order valence-electron chi connectivity index (χ3n) is 4.30. The van der Waals surface area contributed by atoms with Crippen molar-refractivity contribution >= 4 is 5.91 Å². The highest BCUT2D eigenvalue weighted by Crippen LogP contribution is 2.40. The highest BCUT2D eigenvalue weighted by molar-refractivity contribution is 5.85. The lowest BCUT2D eigenvalue weighted by Crippen LogP contribution is -2.43. The molecule has 1 saturated heterocycles. The van der Waals surface area contributed by atoms with E-state index in [1.807, 2.05) is 4.90 Å². The molecule has 1 aliphatic heterocycles. The highest BCUT2D eigenvalue weighted by atomic mass is 16.2. The molecular formula is C14H22N2O. The van der Waals surface area contributed by atoms with Crippen molar-refractivity contribution in [3.05, 3.63) is 0 Å². The van der Waals surface area contributed by atoms with Gasteiger partial charge in [0.1, 0.15) is 5.41 Å². The molecule has 1 saturated carbocycles. The Morgan fingerprint density at radius 1 is 1.18 bits per heavy atom. The Balaban J connectivity index is 2.11. The third kappa shape index (κ3) is 2.31. The normalized spacial score (nSPS) is 26.5. The first-order chi connectivity index (χ1) is 7.99. The van der Waals surface area contributed by atoms with Gasteiger partial charge in [0.25, 0.3) is 0 Å². The van der Waals surface area contributed by atoms with Gasteiger partial charge in [-0.1, -0.05) is 33.1 Å². The van der Waals surface area contributed by atoms with E-state index in [-0.39, 0.29) is 11.3 Å². The van der Waals surface area contributed by atoms with Crippen LogP contribution >= 0.6 is 0 Å². The van der Waals surface area contributed by atoms with Crippen molar-refractivity contribution in [3.63, 3.8) is 0 Å². The summed E-state index contributed by atoms with van der Waals surface area (Å²) >= 11 is 0. The van der Waals surface area contributed by atoms with Gasteiger partial charge in [-0.25, -0.2) is 0 Å². The van der Waals surface area contributed by atoms with E-state index in [0.717, 1.165) is 45.2 Å². The maximum Gasteiger partial charge on any atom is 0.243 e. The predicted octanol–water partition coefficient (Wildman–Crippen LogP) is 2.72. The van der Waals surface area contributed by atoms with E-state index in [0.29, 0.717) is 0 Å². The standard InChI is InChI=1S/C14H22N2O/c1-13(2)8-9-16(11-13)12(17)14(10-15)6-4-3-5-7-14/h3-9,11H2,1-2H3. The summed E-state index contributed by atoms with van der Waals surface area (Å²) in [6.07, 6.45) is 5.80. The van der Waals surface area contributed by atoms with E-state index in [1.165, 1.54) is 6.42 Å². The fourth-order valence-corrected chi connectivity index (χ4v) is 3.12. The lowest BCUT2D eigenvalue weighted by molar-refractivity contribution is -0.139. The van der Waals surface area contributed by atoms with Crippen LogP contribution in [0, 0.1) is 22.2 Å². The predicted molar refractivity (Wildman–Crippen MR) is 66.1 cm³/mol. The molecule has 2 fully saturated rings. The van der Waals surface area contributed by atoms with Crippen molar-refractivity contribution in [2.75, 3.05) is 13.1 Å². The van der Waals surface area contributed by atoms with Gasteiger partial charge in [0, 0.05) is 13.1 Å². The van der Waals surface area contributed by atoms with Crippen LogP contribution in [0.5, 0.6) is 0 Å². The molecule has 2 aliphatic rings. The number of amides is 1. The van der Waals surface area contributed by atoms with Gasteiger partial charge in [0.2, 0.25) is 5.91 Å². The molecule has 2 rings (SSSR count). The topological polar surface area (TPSA) is 44.1 Å². The average molecular weight is 234 g/mol. The summed E-state index contributed by atoms with van der Waals surface area (Å²) in [7, 11) is 0. The van der Waals surface area contributed by atoms with Gasteiger partial charge >= 0.3 is 0 Å². The average Bonchev–Trinajstić information content (AvgIpc) is 2.69. The molecule has 0 N–H and O–H groups in total. The van der Waals surface area contributed by atoms with Gasteiger partial charge in [-0.05, 0) is 24.7 Å². The fourth-order valence-electron chi connectivity index (χ4n) is 3.12. The minimum atomic E-state index is -0.696. The second kappa shape index (κ2) is 4.33. The van der Waals surface area contributed by atoms with Crippen LogP contribution in [-0.2, 0) is 4.79 Å². The molecule has 1 aliphatic carbocycles. The van der Waals surface area contributed by atoms with Crippen LogP contribution in [0.4, 0.5) is 0 Å². The lowest BCUT2D eigenvalue weighted by Gasteiger charge is -2.33. The van der Waals surface area contributed by atoms with Crippen molar-refractivity contribution in [2.45, 2.75) is 52.4 Å². The van der Waals surface area contributed by atoms with Crippen LogP contribution in [0.15, 0.2) is 0 Å². The Bertz CT molecular complexity index is 348. The molecule has 17 heavy (non-hydrogen) atoms. The van der Waals surface area contributed by atoms with E-state index >= 15 is 0 Å². The van der Waals surface area contributed by atoms with Crippen LogP contribution in [0.3, 0.4) is 0 Å². The molecule has 94 valence electrons. The van der Waals surface area contributed by atoms with Crippen LogP contribution in [0.25, 0.3) is 0 Å². The molecule has 0 spiro atoms. The minimum Gasteiger partial charge on any atom is -0.341 e. The maximum absolute atomic E-state index is 12.5. The van der Waals surface area contributed by atoms with Crippen LogP contribution < -0.4 is 0 Å². The summed E-state index contributed by atoms with van der Waals surface area (Å²) < 4.78 is 0. The zero-order valence-corrected chi connectivity index (χ0v) is 11.0. The van der Waals surface area contributed by atoms with Crippen LogP contribution in [0.2, 0.25) is 0 Å². The summed E-state index contributed by atoms with van der Waals surface area (Å²) in [4.78, 5) is 14.5. The summed E-state index contributed by atoms with van der Waals surface area (Å²) in [6, 6.07) is 2.33. The zero-order chi connectivity index (χ0) is 12.5. The molecule has 3 heteroatoms. The molecule has 0 atom stereocenters. The number of hydrogen-bond donors (Lipinski definition) is 0. The molecule has 0 aromatic rings. The van der Waals surface area contributed by atoms with E-state index in [2.05, 4.69) is 19.9 Å². The summed E-state index contributed by atoms with van der Waals surface area (Å²) in [5.41, 5.74) is -0.473. The minimum absolute atomic E-state index is 0.102. The lowest BCUT2D eigenvalue weighted by atomic mass is 9.74. The molecule has 0 radical (unpaired) electrons. The number of carbonyl (C=O) groups excluding carboxylic acids is 1. The molecule has 1 amide bonds. The number of nitrogens with zero attached hydrogens (tertiary/aromatic N) is 2. The molecule has 0 aromatic heterocycles. The largest absolute Gasteiger partial charge is 0.341 e. The Labute approximate surface area is 104 Å². The first-order valence-corrected chi connectivity index (χ1v) is 6.70. The highest BCUT2D eigenvalue weighted by Gasteiger charge is 2.45. The Morgan fingerprint density at radius 3 is 2.29 bits per heavy atom. The number of likely N-dealkylation sites (tertiary alicyclic amines) is 1. The van der Waals surface area contributed by atoms with E-state index in [1.54, 1.807) is 0 Å². The molecule has 1 heterocycles. The van der Waals surface area contributed by atoms with Gasteiger partial charge in [-0.3, -0.25) is 4.79 Å². The Hall–Kier alpha value is -1.04. The summed E-state index contributed by atoms with van der Waals surface area (Å²) in [6.45, 7) is 6.03. The van der Waals surface area contributed by atoms with E-state index < -0.39 is 5.41 Å². The van der Waals surface area contributed by atoms with Crippen molar-refractivity contribution in [2.24, 2.45) is 10.8 Å². The fraction of sp³-hybridized carbons (Fsp3) is 0.857. The SMILES string of the molecule is CC1(C)CCN(C(=O)C2(C#N)CCCCC2)C1. The van der Waals surface area contributed by atoms with Crippen molar-refractivity contribution < 1.29 is 4.79 Å². The quantitative estimate of drug-likeness (QED) is 0.700. The molecule has 3 nitrogen and oxygen atoms in total. The number of rotatable bonds is 1.